The molecule has 0 saturated carbocycles. The van der Waals surface area contributed by atoms with Crippen LogP contribution in [0.4, 0.5) is 5.69 Å². The van der Waals surface area contributed by atoms with Crippen LogP contribution in [0.5, 0.6) is 0 Å². The predicted octanol–water partition coefficient (Wildman–Crippen LogP) is 3.38. The Labute approximate surface area is 128 Å². The van der Waals surface area contributed by atoms with Crippen LogP contribution in [0.25, 0.3) is 0 Å². The summed E-state index contributed by atoms with van der Waals surface area (Å²) in [5, 5.41) is 3.43. The minimum atomic E-state index is -0.129. The molecule has 0 radical (unpaired) electrons. The number of anilines is 1. The number of nitrogens with one attached hydrogen (secondary N) is 1. The lowest BCUT2D eigenvalue weighted by molar-refractivity contribution is -0.0151. The molecule has 21 heavy (non-hydrogen) atoms. The van der Waals surface area contributed by atoms with Crippen molar-refractivity contribution in [3.05, 3.63) is 29.3 Å². The second kappa shape index (κ2) is 8.37. The first-order chi connectivity index (χ1) is 9.87. The molecule has 0 spiro atoms. The Hall–Kier alpha value is -1.10. The standard InChI is InChI=1S/C17H29NO3/c1-13-14(11-21-17(2,3)4)8-7-9-16(13)18-10-15(20-6)12-19-5/h7-9,15,18H,10-12H2,1-6H3. The molecule has 1 rings (SSSR count). The van der Waals surface area contributed by atoms with Crippen molar-refractivity contribution in [2.24, 2.45) is 0 Å². The summed E-state index contributed by atoms with van der Waals surface area (Å²) in [5.41, 5.74) is 3.41. The van der Waals surface area contributed by atoms with Gasteiger partial charge in [0.1, 0.15) is 0 Å². The van der Waals surface area contributed by atoms with E-state index in [2.05, 4.69) is 51.2 Å². The van der Waals surface area contributed by atoms with E-state index < -0.39 is 0 Å². The van der Waals surface area contributed by atoms with Crippen LogP contribution in [0.2, 0.25) is 0 Å². The molecular weight excluding hydrogens is 266 g/mol. The number of hydrogen-bond acceptors (Lipinski definition) is 4. The van der Waals surface area contributed by atoms with E-state index in [9.17, 15) is 0 Å². The zero-order valence-electron chi connectivity index (χ0n) is 14.2. The topological polar surface area (TPSA) is 39.7 Å². The normalized spacial score (nSPS) is 13.2. The third-order valence-electron chi connectivity index (χ3n) is 3.31. The van der Waals surface area contributed by atoms with Gasteiger partial charge in [-0.2, -0.15) is 0 Å². The first kappa shape index (κ1) is 18.0. The van der Waals surface area contributed by atoms with Gasteiger partial charge in [0.2, 0.25) is 0 Å². The van der Waals surface area contributed by atoms with Crippen LogP contribution in [0.15, 0.2) is 18.2 Å². The molecule has 4 heteroatoms. The zero-order valence-corrected chi connectivity index (χ0v) is 14.2. The van der Waals surface area contributed by atoms with Crippen molar-refractivity contribution in [3.8, 4) is 0 Å². The SMILES string of the molecule is COCC(CNc1cccc(COC(C)(C)C)c1C)OC. The Balaban J connectivity index is 2.67. The second-order valence-corrected chi connectivity index (χ2v) is 6.18. The fourth-order valence-corrected chi connectivity index (χ4v) is 1.95. The minimum absolute atomic E-state index is 0.0453. The van der Waals surface area contributed by atoms with Crippen LogP contribution in [0, 0.1) is 6.92 Å². The van der Waals surface area contributed by atoms with E-state index in [0.717, 1.165) is 12.2 Å². The molecule has 120 valence electrons. The van der Waals surface area contributed by atoms with Gasteiger partial charge in [-0.1, -0.05) is 12.1 Å². The lowest BCUT2D eigenvalue weighted by Gasteiger charge is -2.22. The van der Waals surface area contributed by atoms with Gasteiger partial charge >= 0.3 is 0 Å². The van der Waals surface area contributed by atoms with E-state index in [1.54, 1.807) is 14.2 Å². The van der Waals surface area contributed by atoms with Crippen LogP contribution in [0.1, 0.15) is 31.9 Å². The highest BCUT2D eigenvalue weighted by molar-refractivity contribution is 5.54. The summed E-state index contributed by atoms with van der Waals surface area (Å²) in [6.07, 6.45) is 0.0453. The maximum Gasteiger partial charge on any atom is 0.0976 e. The average Bonchev–Trinajstić information content (AvgIpc) is 2.42. The van der Waals surface area contributed by atoms with E-state index in [-0.39, 0.29) is 11.7 Å². The summed E-state index contributed by atoms with van der Waals surface area (Å²) in [4.78, 5) is 0. The van der Waals surface area contributed by atoms with Gasteiger partial charge in [-0.25, -0.2) is 0 Å². The Bertz CT molecular complexity index is 427. The minimum Gasteiger partial charge on any atom is -0.382 e. The molecule has 0 heterocycles. The maximum atomic E-state index is 5.86. The maximum absolute atomic E-state index is 5.86. The molecule has 0 aromatic heterocycles. The van der Waals surface area contributed by atoms with Gasteiger partial charge < -0.3 is 19.5 Å². The monoisotopic (exact) mass is 295 g/mol. The van der Waals surface area contributed by atoms with Crippen molar-refractivity contribution in [2.75, 3.05) is 32.7 Å². The van der Waals surface area contributed by atoms with Gasteiger partial charge in [0, 0.05) is 26.5 Å². The number of methoxy groups -OCH3 is 2. The van der Waals surface area contributed by atoms with Crippen molar-refractivity contribution in [1.82, 2.24) is 0 Å². The summed E-state index contributed by atoms with van der Waals surface area (Å²) >= 11 is 0. The molecule has 1 aromatic carbocycles. The van der Waals surface area contributed by atoms with Crippen molar-refractivity contribution in [3.63, 3.8) is 0 Å². The number of rotatable bonds is 8. The highest BCUT2D eigenvalue weighted by Crippen LogP contribution is 2.21. The zero-order chi connectivity index (χ0) is 15.9. The van der Waals surface area contributed by atoms with Gasteiger partial charge in [0.15, 0.2) is 0 Å². The van der Waals surface area contributed by atoms with E-state index in [0.29, 0.717) is 13.2 Å². The van der Waals surface area contributed by atoms with Crippen LogP contribution in [0.3, 0.4) is 0 Å². The summed E-state index contributed by atoms with van der Waals surface area (Å²) in [6.45, 7) is 10.2. The fourth-order valence-electron chi connectivity index (χ4n) is 1.95. The molecule has 1 aromatic rings. The summed E-state index contributed by atoms with van der Waals surface area (Å²) in [6, 6.07) is 6.24. The first-order valence-electron chi connectivity index (χ1n) is 7.35. The quantitative estimate of drug-likeness (QED) is 0.798. The Morgan fingerprint density at radius 3 is 2.48 bits per heavy atom. The molecule has 0 fully saturated rings. The number of ether oxygens (including phenoxy) is 3. The largest absolute Gasteiger partial charge is 0.382 e. The molecule has 1 atom stereocenters. The lowest BCUT2D eigenvalue weighted by Crippen LogP contribution is -2.27. The van der Waals surface area contributed by atoms with Crippen LogP contribution in [-0.2, 0) is 20.8 Å². The molecule has 0 aliphatic rings. The first-order valence-corrected chi connectivity index (χ1v) is 7.35. The van der Waals surface area contributed by atoms with Gasteiger partial charge in [0.05, 0.1) is 24.9 Å². The molecular formula is C17H29NO3. The molecule has 0 aliphatic heterocycles. The van der Waals surface area contributed by atoms with E-state index >= 15 is 0 Å². The van der Waals surface area contributed by atoms with Gasteiger partial charge in [-0.3, -0.25) is 0 Å². The molecule has 1 unspecified atom stereocenters. The molecule has 0 amide bonds. The third kappa shape index (κ3) is 6.46. The Morgan fingerprint density at radius 2 is 1.90 bits per heavy atom. The van der Waals surface area contributed by atoms with Gasteiger partial charge in [0.25, 0.3) is 0 Å². The fraction of sp³-hybridized carbons (Fsp3) is 0.647. The number of hydrogen-bond donors (Lipinski definition) is 1. The van der Waals surface area contributed by atoms with Gasteiger partial charge in [-0.05, 0) is 44.9 Å². The predicted molar refractivity (Wildman–Crippen MR) is 86.9 cm³/mol. The highest BCUT2D eigenvalue weighted by Gasteiger charge is 2.13. The molecule has 1 N–H and O–H groups in total. The van der Waals surface area contributed by atoms with E-state index in [4.69, 9.17) is 14.2 Å². The summed E-state index contributed by atoms with van der Waals surface area (Å²) in [7, 11) is 3.38. The number of benzene rings is 1. The van der Waals surface area contributed by atoms with Crippen LogP contribution in [-0.4, -0.2) is 39.1 Å². The van der Waals surface area contributed by atoms with Crippen LogP contribution >= 0.6 is 0 Å². The van der Waals surface area contributed by atoms with Crippen molar-refractivity contribution in [2.45, 2.75) is 46.0 Å². The smallest absolute Gasteiger partial charge is 0.0976 e. The Kier molecular flexibility index (Phi) is 7.15. The highest BCUT2D eigenvalue weighted by atomic mass is 16.5. The average molecular weight is 295 g/mol. The summed E-state index contributed by atoms with van der Waals surface area (Å²) < 4.78 is 16.4. The van der Waals surface area contributed by atoms with Gasteiger partial charge in [-0.15, -0.1) is 0 Å². The second-order valence-electron chi connectivity index (χ2n) is 6.18. The Morgan fingerprint density at radius 1 is 1.19 bits per heavy atom. The van der Waals surface area contributed by atoms with E-state index in [1.807, 2.05) is 0 Å². The lowest BCUT2D eigenvalue weighted by atomic mass is 10.1. The van der Waals surface area contributed by atoms with Crippen molar-refractivity contribution in [1.29, 1.82) is 0 Å². The molecule has 0 bridgehead atoms. The molecule has 0 saturated heterocycles. The molecule has 4 nitrogen and oxygen atoms in total. The summed E-state index contributed by atoms with van der Waals surface area (Å²) in [5.74, 6) is 0. The van der Waals surface area contributed by atoms with Crippen molar-refractivity contribution < 1.29 is 14.2 Å². The van der Waals surface area contributed by atoms with E-state index in [1.165, 1.54) is 11.1 Å². The van der Waals surface area contributed by atoms with Crippen molar-refractivity contribution >= 4 is 5.69 Å². The third-order valence-corrected chi connectivity index (χ3v) is 3.31. The van der Waals surface area contributed by atoms with Crippen LogP contribution < -0.4 is 5.32 Å². The molecule has 0 aliphatic carbocycles.